The third-order valence-electron chi connectivity index (χ3n) is 3.09. The number of pyridine rings is 1. The number of aromatic nitrogens is 4. The fourth-order valence-electron chi connectivity index (χ4n) is 2.05. The summed E-state index contributed by atoms with van der Waals surface area (Å²) in [7, 11) is 1.94. The summed E-state index contributed by atoms with van der Waals surface area (Å²) in [6.07, 6.45) is 6.72. The second-order valence-electron chi connectivity index (χ2n) is 4.81. The van der Waals surface area contributed by atoms with Crippen molar-refractivity contribution in [2.75, 3.05) is 6.54 Å². The molecule has 0 atom stereocenters. The van der Waals surface area contributed by atoms with Crippen LogP contribution in [0.15, 0.2) is 42.2 Å². The van der Waals surface area contributed by atoms with E-state index < -0.39 is 0 Å². The van der Waals surface area contributed by atoms with Crippen LogP contribution in [0.25, 0.3) is 10.7 Å². The van der Waals surface area contributed by atoms with E-state index in [0.717, 1.165) is 35.9 Å². The second kappa shape index (κ2) is 6.60. The lowest BCUT2D eigenvalue weighted by atomic mass is 10.2. The molecule has 0 fully saturated rings. The number of nitrogens with one attached hydrogen (secondary N) is 1. The van der Waals surface area contributed by atoms with Crippen molar-refractivity contribution < 1.29 is 0 Å². The first-order valence-electron chi connectivity index (χ1n) is 6.85. The molecule has 0 amide bonds. The average molecular weight is 299 g/mol. The Morgan fingerprint density at radius 3 is 3.05 bits per heavy atom. The molecule has 0 radical (unpaired) electrons. The number of hydrogen-bond donors (Lipinski definition) is 1. The van der Waals surface area contributed by atoms with E-state index in [1.165, 1.54) is 5.56 Å². The molecular weight excluding hydrogens is 282 g/mol. The molecule has 1 N–H and O–H groups in total. The minimum Gasteiger partial charge on any atom is -0.311 e. The number of aryl methyl sites for hydroxylation is 1. The maximum atomic E-state index is 4.61. The summed E-state index contributed by atoms with van der Waals surface area (Å²) in [5, 5.41) is 10.6. The standard InChI is InChI=1S/C15H17N5S/c1-20-10-12(8-18-20)5-7-16-9-13-11-21-15(19-13)14-4-2-3-6-17-14/h2-4,6,8,10-11,16H,5,7,9H2,1H3. The number of thiazole rings is 1. The Kier molecular flexibility index (Phi) is 4.37. The molecule has 3 aromatic heterocycles. The van der Waals surface area contributed by atoms with Crippen LogP contribution in [0.1, 0.15) is 11.3 Å². The Balaban J connectivity index is 1.49. The third-order valence-corrected chi connectivity index (χ3v) is 4.00. The molecule has 0 saturated carbocycles. The van der Waals surface area contributed by atoms with Gasteiger partial charge in [-0.05, 0) is 30.7 Å². The molecule has 0 aromatic carbocycles. The zero-order valence-electron chi connectivity index (χ0n) is 11.9. The Morgan fingerprint density at radius 2 is 2.29 bits per heavy atom. The van der Waals surface area contributed by atoms with Crippen molar-refractivity contribution in [3.8, 4) is 10.7 Å². The monoisotopic (exact) mass is 299 g/mol. The maximum absolute atomic E-state index is 4.61. The van der Waals surface area contributed by atoms with Crippen molar-refractivity contribution in [2.24, 2.45) is 7.05 Å². The van der Waals surface area contributed by atoms with E-state index in [1.54, 1.807) is 17.5 Å². The lowest BCUT2D eigenvalue weighted by Gasteiger charge is -2.00. The normalized spacial score (nSPS) is 10.9. The number of nitrogens with zero attached hydrogens (tertiary/aromatic N) is 4. The SMILES string of the molecule is Cn1cc(CCNCc2csc(-c3ccccn3)n2)cn1. The zero-order chi connectivity index (χ0) is 14.5. The van der Waals surface area contributed by atoms with E-state index in [1.807, 2.05) is 42.3 Å². The van der Waals surface area contributed by atoms with Gasteiger partial charge in [-0.15, -0.1) is 11.3 Å². The lowest BCUT2D eigenvalue weighted by molar-refractivity contribution is 0.677. The van der Waals surface area contributed by atoms with Crippen LogP contribution in [0.5, 0.6) is 0 Å². The predicted octanol–water partition coefficient (Wildman–Crippen LogP) is 2.27. The fourth-order valence-corrected chi connectivity index (χ4v) is 2.84. The van der Waals surface area contributed by atoms with Crippen LogP contribution in [0.2, 0.25) is 0 Å². The van der Waals surface area contributed by atoms with Gasteiger partial charge in [0, 0.05) is 31.4 Å². The molecule has 0 aliphatic carbocycles. The summed E-state index contributed by atoms with van der Waals surface area (Å²) in [5.74, 6) is 0. The Hall–Kier alpha value is -2.05. The first kappa shape index (κ1) is 13.9. The van der Waals surface area contributed by atoms with Crippen molar-refractivity contribution in [3.63, 3.8) is 0 Å². The van der Waals surface area contributed by atoms with Crippen molar-refractivity contribution in [3.05, 3.63) is 53.4 Å². The van der Waals surface area contributed by atoms with Gasteiger partial charge in [0.1, 0.15) is 5.01 Å². The number of rotatable bonds is 6. The Bertz CT molecular complexity index is 689. The van der Waals surface area contributed by atoms with Gasteiger partial charge >= 0.3 is 0 Å². The molecule has 0 aliphatic heterocycles. The molecule has 0 aliphatic rings. The summed E-state index contributed by atoms with van der Waals surface area (Å²) in [6.45, 7) is 1.70. The quantitative estimate of drug-likeness (QED) is 0.709. The number of hydrogen-bond acceptors (Lipinski definition) is 5. The van der Waals surface area contributed by atoms with Gasteiger partial charge in [0.05, 0.1) is 17.6 Å². The molecule has 3 rings (SSSR count). The summed E-state index contributed by atoms with van der Waals surface area (Å²) in [5.41, 5.74) is 3.24. The first-order valence-corrected chi connectivity index (χ1v) is 7.73. The molecule has 108 valence electrons. The van der Waals surface area contributed by atoms with Crippen molar-refractivity contribution in [1.82, 2.24) is 25.1 Å². The van der Waals surface area contributed by atoms with Crippen LogP contribution in [-0.2, 0) is 20.0 Å². The average Bonchev–Trinajstić information content (AvgIpc) is 3.14. The highest BCUT2D eigenvalue weighted by atomic mass is 32.1. The van der Waals surface area contributed by atoms with Crippen LogP contribution in [0, 0.1) is 0 Å². The largest absolute Gasteiger partial charge is 0.311 e. The molecule has 0 unspecified atom stereocenters. The van der Waals surface area contributed by atoms with Crippen LogP contribution >= 0.6 is 11.3 Å². The van der Waals surface area contributed by atoms with Gasteiger partial charge < -0.3 is 5.32 Å². The topological polar surface area (TPSA) is 55.6 Å². The lowest BCUT2D eigenvalue weighted by Crippen LogP contribution is -2.16. The first-order chi connectivity index (χ1) is 10.3. The van der Waals surface area contributed by atoms with Crippen LogP contribution < -0.4 is 5.32 Å². The van der Waals surface area contributed by atoms with E-state index in [2.05, 4.69) is 25.8 Å². The molecule has 21 heavy (non-hydrogen) atoms. The van der Waals surface area contributed by atoms with Gasteiger partial charge in [0.2, 0.25) is 0 Å². The van der Waals surface area contributed by atoms with Crippen LogP contribution in [0.3, 0.4) is 0 Å². The molecule has 3 heterocycles. The van der Waals surface area contributed by atoms with E-state index in [4.69, 9.17) is 0 Å². The fraction of sp³-hybridized carbons (Fsp3) is 0.267. The highest BCUT2D eigenvalue weighted by molar-refractivity contribution is 7.13. The van der Waals surface area contributed by atoms with Crippen molar-refractivity contribution >= 4 is 11.3 Å². The van der Waals surface area contributed by atoms with E-state index in [9.17, 15) is 0 Å². The predicted molar refractivity (Wildman–Crippen MR) is 84.0 cm³/mol. The maximum Gasteiger partial charge on any atom is 0.142 e. The Morgan fingerprint density at radius 1 is 1.33 bits per heavy atom. The zero-order valence-corrected chi connectivity index (χ0v) is 12.7. The van der Waals surface area contributed by atoms with Crippen LogP contribution in [0.4, 0.5) is 0 Å². The molecule has 3 aromatic rings. The molecule has 5 nitrogen and oxygen atoms in total. The Labute approximate surface area is 127 Å². The summed E-state index contributed by atoms with van der Waals surface area (Å²) >= 11 is 1.63. The van der Waals surface area contributed by atoms with Crippen molar-refractivity contribution in [1.29, 1.82) is 0 Å². The highest BCUT2D eigenvalue weighted by Crippen LogP contribution is 2.21. The van der Waals surface area contributed by atoms with Gasteiger partial charge in [-0.1, -0.05) is 6.07 Å². The van der Waals surface area contributed by atoms with Crippen molar-refractivity contribution in [2.45, 2.75) is 13.0 Å². The van der Waals surface area contributed by atoms with Gasteiger partial charge in [0.15, 0.2) is 0 Å². The third kappa shape index (κ3) is 3.74. The second-order valence-corrected chi connectivity index (χ2v) is 5.67. The van der Waals surface area contributed by atoms with Gasteiger partial charge in [-0.2, -0.15) is 5.10 Å². The summed E-state index contributed by atoms with van der Waals surface area (Å²) < 4.78 is 1.83. The summed E-state index contributed by atoms with van der Waals surface area (Å²) in [6, 6.07) is 5.88. The smallest absolute Gasteiger partial charge is 0.142 e. The molecule has 0 bridgehead atoms. The van der Waals surface area contributed by atoms with Gasteiger partial charge in [-0.3, -0.25) is 9.67 Å². The van der Waals surface area contributed by atoms with E-state index >= 15 is 0 Å². The van der Waals surface area contributed by atoms with Crippen LogP contribution in [-0.4, -0.2) is 26.3 Å². The minimum absolute atomic E-state index is 0.781. The summed E-state index contributed by atoms with van der Waals surface area (Å²) in [4.78, 5) is 8.93. The van der Waals surface area contributed by atoms with Gasteiger partial charge in [0.25, 0.3) is 0 Å². The molecular formula is C15H17N5S. The molecule has 0 saturated heterocycles. The molecule has 6 heteroatoms. The van der Waals surface area contributed by atoms with E-state index in [-0.39, 0.29) is 0 Å². The highest BCUT2D eigenvalue weighted by Gasteiger charge is 2.05. The van der Waals surface area contributed by atoms with E-state index in [0.29, 0.717) is 0 Å². The molecule has 0 spiro atoms. The van der Waals surface area contributed by atoms with Gasteiger partial charge in [-0.25, -0.2) is 4.98 Å². The minimum atomic E-state index is 0.781.